The van der Waals surface area contributed by atoms with Crippen LogP contribution in [0, 0.1) is 18.3 Å². The number of ketones is 1. The fourth-order valence-corrected chi connectivity index (χ4v) is 1.31. The van der Waals surface area contributed by atoms with Gasteiger partial charge in [-0.05, 0) is 26.2 Å². The fraction of sp³-hybridized carbons (Fsp3) is 0.692. The number of hydrogen-bond donors (Lipinski definition) is 0. The monoisotopic (exact) mass is 224 g/mol. The molecule has 0 aliphatic heterocycles. The van der Waals surface area contributed by atoms with Crippen LogP contribution in [0.25, 0.3) is 0 Å². The number of Topliss-reactive ketones (excluding diaryl/α,β-unsaturated/α-hetero) is 1. The van der Waals surface area contributed by atoms with E-state index in [1.165, 1.54) is 6.92 Å². The summed E-state index contributed by atoms with van der Waals surface area (Å²) in [5, 5.41) is 0. The first-order valence-electron chi connectivity index (χ1n) is 5.74. The lowest BCUT2D eigenvalue weighted by molar-refractivity contribution is -0.152. The highest BCUT2D eigenvalue weighted by Gasteiger charge is 2.23. The van der Waals surface area contributed by atoms with Crippen molar-refractivity contribution in [2.45, 2.75) is 46.0 Å². The van der Waals surface area contributed by atoms with Crippen molar-refractivity contribution in [2.24, 2.45) is 5.92 Å². The molecule has 0 radical (unpaired) electrons. The van der Waals surface area contributed by atoms with E-state index in [1.807, 2.05) is 6.92 Å². The highest BCUT2D eigenvalue weighted by molar-refractivity contribution is 5.97. The standard InChI is InChI=1S/C13H20O3/c1-4-6-8-9-12(11(3)14)13(15)16-10-7-5-2/h1,12H,5-10H2,2-3H3. The molecule has 0 amide bonds. The fourth-order valence-electron chi connectivity index (χ4n) is 1.31. The zero-order chi connectivity index (χ0) is 12.4. The molecular formula is C13H20O3. The summed E-state index contributed by atoms with van der Waals surface area (Å²) >= 11 is 0. The van der Waals surface area contributed by atoms with E-state index in [2.05, 4.69) is 5.92 Å². The second kappa shape index (κ2) is 8.96. The molecule has 0 spiro atoms. The van der Waals surface area contributed by atoms with E-state index < -0.39 is 11.9 Å². The molecule has 0 aromatic rings. The van der Waals surface area contributed by atoms with Crippen molar-refractivity contribution in [1.82, 2.24) is 0 Å². The van der Waals surface area contributed by atoms with Gasteiger partial charge in [0.25, 0.3) is 0 Å². The largest absolute Gasteiger partial charge is 0.465 e. The SMILES string of the molecule is C#CCCCC(C(C)=O)C(=O)OCCCC. The summed E-state index contributed by atoms with van der Waals surface area (Å²) in [5.74, 6) is 1.31. The van der Waals surface area contributed by atoms with Crippen LogP contribution in [-0.4, -0.2) is 18.4 Å². The van der Waals surface area contributed by atoms with Gasteiger partial charge in [-0.1, -0.05) is 13.3 Å². The van der Waals surface area contributed by atoms with Crippen LogP contribution in [0.15, 0.2) is 0 Å². The summed E-state index contributed by atoms with van der Waals surface area (Å²) < 4.78 is 5.03. The molecule has 0 fully saturated rings. The molecule has 1 atom stereocenters. The Balaban J connectivity index is 4.04. The maximum absolute atomic E-state index is 11.6. The number of carbonyl (C=O) groups excluding carboxylic acids is 2. The van der Waals surface area contributed by atoms with Crippen molar-refractivity contribution in [1.29, 1.82) is 0 Å². The number of esters is 1. The minimum atomic E-state index is -0.634. The zero-order valence-corrected chi connectivity index (χ0v) is 10.1. The number of hydrogen-bond acceptors (Lipinski definition) is 3. The predicted molar refractivity (Wildman–Crippen MR) is 62.7 cm³/mol. The lowest BCUT2D eigenvalue weighted by Crippen LogP contribution is -2.24. The first kappa shape index (κ1) is 14.7. The zero-order valence-electron chi connectivity index (χ0n) is 10.1. The van der Waals surface area contributed by atoms with Crippen molar-refractivity contribution in [3.8, 4) is 12.3 Å². The van der Waals surface area contributed by atoms with E-state index in [-0.39, 0.29) is 5.78 Å². The van der Waals surface area contributed by atoms with Crippen LogP contribution in [-0.2, 0) is 14.3 Å². The van der Waals surface area contributed by atoms with Crippen LogP contribution in [0.3, 0.4) is 0 Å². The summed E-state index contributed by atoms with van der Waals surface area (Å²) in [6.07, 6.45) is 8.68. The third-order valence-electron chi connectivity index (χ3n) is 2.33. The molecule has 16 heavy (non-hydrogen) atoms. The Morgan fingerprint density at radius 3 is 2.56 bits per heavy atom. The van der Waals surface area contributed by atoms with Gasteiger partial charge >= 0.3 is 5.97 Å². The second-order valence-electron chi connectivity index (χ2n) is 3.78. The van der Waals surface area contributed by atoms with E-state index in [1.54, 1.807) is 0 Å². The van der Waals surface area contributed by atoms with Gasteiger partial charge in [-0.3, -0.25) is 9.59 Å². The molecule has 3 nitrogen and oxygen atoms in total. The molecule has 1 unspecified atom stereocenters. The summed E-state index contributed by atoms with van der Waals surface area (Å²) in [6.45, 7) is 3.83. The van der Waals surface area contributed by atoms with Gasteiger partial charge < -0.3 is 4.74 Å². The van der Waals surface area contributed by atoms with Gasteiger partial charge in [0.15, 0.2) is 0 Å². The molecule has 0 aliphatic carbocycles. The third kappa shape index (κ3) is 6.23. The van der Waals surface area contributed by atoms with E-state index in [0.29, 0.717) is 25.9 Å². The Bertz CT molecular complexity index is 263. The smallest absolute Gasteiger partial charge is 0.316 e. The van der Waals surface area contributed by atoms with Crippen molar-refractivity contribution in [3.63, 3.8) is 0 Å². The first-order chi connectivity index (χ1) is 7.63. The van der Waals surface area contributed by atoms with Gasteiger partial charge in [-0.25, -0.2) is 0 Å². The number of ether oxygens (including phenoxy) is 1. The highest BCUT2D eigenvalue weighted by Crippen LogP contribution is 2.12. The molecule has 0 N–H and O–H groups in total. The van der Waals surface area contributed by atoms with Gasteiger partial charge in [0.1, 0.15) is 11.7 Å². The van der Waals surface area contributed by atoms with Gasteiger partial charge in [0.05, 0.1) is 6.61 Å². The average molecular weight is 224 g/mol. The molecular weight excluding hydrogens is 204 g/mol. The van der Waals surface area contributed by atoms with Crippen molar-refractivity contribution in [3.05, 3.63) is 0 Å². The van der Waals surface area contributed by atoms with Gasteiger partial charge in [0.2, 0.25) is 0 Å². The number of rotatable bonds is 8. The molecule has 0 heterocycles. The van der Waals surface area contributed by atoms with Crippen LogP contribution < -0.4 is 0 Å². The normalized spacial score (nSPS) is 11.6. The molecule has 0 aliphatic rings. The van der Waals surface area contributed by atoms with Crippen LogP contribution in [0.2, 0.25) is 0 Å². The first-order valence-corrected chi connectivity index (χ1v) is 5.74. The molecule has 0 rings (SSSR count). The van der Waals surface area contributed by atoms with Crippen LogP contribution >= 0.6 is 0 Å². The molecule has 3 heteroatoms. The topological polar surface area (TPSA) is 43.4 Å². The maximum Gasteiger partial charge on any atom is 0.316 e. The number of terminal acetylenes is 1. The van der Waals surface area contributed by atoms with E-state index in [4.69, 9.17) is 11.2 Å². The van der Waals surface area contributed by atoms with E-state index >= 15 is 0 Å². The minimum Gasteiger partial charge on any atom is -0.465 e. The van der Waals surface area contributed by atoms with Crippen molar-refractivity contribution in [2.75, 3.05) is 6.61 Å². The Kier molecular flexibility index (Phi) is 8.24. The molecule has 0 aromatic heterocycles. The quantitative estimate of drug-likeness (QED) is 0.275. The molecule has 90 valence electrons. The lowest BCUT2D eigenvalue weighted by Gasteiger charge is -2.12. The summed E-state index contributed by atoms with van der Waals surface area (Å²) in [6, 6.07) is 0. The molecule has 0 aromatic carbocycles. The maximum atomic E-state index is 11.6. The Morgan fingerprint density at radius 2 is 2.06 bits per heavy atom. The predicted octanol–water partition coefficient (Wildman–Crippen LogP) is 2.34. The summed E-state index contributed by atoms with van der Waals surface area (Å²) in [5.41, 5.74) is 0. The van der Waals surface area contributed by atoms with Crippen LogP contribution in [0.4, 0.5) is 0 Å². The van der Waals surface area contributed by atoms with Gasteiger partial charge in [0, 0.05) is 6.42 Å². The van der Waals surface area contributed by atoms with Gasteiger partial charge in [-0.15, -0.1) is 12.3 Å². The highest BCUT2D eigenvalue weighted by atomic mass is 16.5. The molecule has 0 saturated heterocycles. The van der Waals surface area contributed by atoms with Crippen LogP contribution in [0.5, 0.6) is 0 Å². The average Bonchev–Trinajstić information content (AvgIpc) is 2.24. The van der Waals surface area contributed by atoms with Gasteiger partial charge in [-0.2, -0.15) is 0 Å². The summed E-state index contributed by atoms with van der Waals surface area (Å²) in [7, 11) is 0. The number of unbranched alkanes of at least 4 members (excludes halogenated alkanes) is 2. The third-order valence-corrected chi connectivity index (χ3v) is 2.33. The molecule has 0 bridgehead atoms. The minimum absolute atomic E-state index is 0.140. The van der Waals surface area contributed by atoms with Crippen molar-refractivity contribution < 1.29 is 14.3 Å². The second-order valence-corrected chi connectivity index (χ2v) is 3.78. The van der Waals surface area contributed by atoms with Crippen molar-refractivity contribution >= 4 is 11.8 Å². The Hall–Kier alpha value is -1.30. The van der Waals surface area contributed by atoms with E-state index in [9.17, 15) is 9.59 Å². The van der Waals surface area contributed by atoms with Crippen LogP contribution in [0.1, 0.15) is 46.0 Å². The van der Waals surface area contributed by atoms with E-state index in [0.717, 1.165) is 12.8 Å². The Morgan fingerprint density at radius 1 is 1.38 bits per heavy atom. The molecule has 0 saturated carbocycles. The summed E-state index contributed by atoms with van der Waals surface area (Å²) in [4.78, 5) is 22.8. The Labute approximate surface area is 97.6 Å². The number of carbonyl (C=O) groups is 2. The lowest BCUT2D eigenvalue weighted by atomic mass is 9.98.